The number of rotatable bonds is 2. The van der Waals surface area contributed by atoms with E-state index in [0.717, 1.165) is 0 Å². The molecule has 4 nitrogen and oxygen atoms in total. The van der Waals surface area contributed by atoms with E-state index in [1.165, 1.54) is 12.1 Å². The second-order valence-electron chi connectivity index (χ2n) is 2.75. The third kappa shape index (κ3) is 2.20. The SMILES string of the molecule is CN(C(N)=S)c1cccc(C(=O)O)c1. The average Bonchev–Trinajstić information content (AvgIpc) is 2.16. The third-order valence-electron chi connectivity index (χ3n) is 1.81. The Morgan fingerprint density at radius 3 is 2.71 bits per heavy atom. The summed E-state index contributed by atoms with van der Waals surface area (Å²) in [6.45, 7) is 0. The first-order valence-electron chi connectivity index (χ1n) is 3.89. The van der Waals surface area contributed by atoms with Gasteiger partial charge in [0.15, 0.2) is 5.11 Å². The lowest BCUT2D eigenvalue weighted by molar-refractivity contribution is 0.0697. The molecule has 0 fully saturated rings. The molecule has 0 heterocycles. The maximum Gasteiger partial charge on any atom is 0.335 e. The zero-order valence-electron chi connectivity index (χ0n) is 7.60. The van der Waals surface area contributed by atoms with Gasteiger partial charge in [-0.25, -0.2) is 4.79 Å². The lowest BCUT2D eigenvalue weighted by Gasteiger charge is -2.16. The van der Waals surface area contributed by atoms with Crippen molar-refractivity contribution in [2.75, 3.05) is 11.9 Å². The van der Waals surface area contributed by atoms with Crippen molar-refractivity contribution in [3.05, 3.63) is 29.8 Å². The average molecular weight is 210 g/mol. The monoisotopic (exact) mass is 210 g/mol. The predicted molar refractivity (Wildman–Crippen MR) is 58.6 cm³/mol. The van der Waals surface area contributed by atoms with Crippen LogP contribution in [0, 0.1) is 0 Å². The molecule has 1 aromatic rings. The van der Waals surface area contributed by atoms with Gasteiger partial charge in [-0.2, -0.15) is 0 Å². The molecule has 0 aliphatic rings. The number of carboxylic acid groups (broad SMARTS) is 1. The molecular weight excluding hydrogens is 200 g/mol. The van der Waals surface area contributed by atoms with E-state index in [1.807, 2.05) is 0 Å². The lowest BCUT2D eigenvalue weighted by atomic mass is 10.2. The number of anilines is 1. The summed E-state index contributed by atoms with van der Waals surface area (Å²) in [5.74, 6) is -0.969. The summed E-state index contributed by atoms with van der Waals surface area (Å²) in [5, 5.41) is 8.95. The van der Waals surface area contributed by atoms with Crippen LogP contribution in [0.4, 0.5) is 5.69 Å². The van der Waals surface area contributed by atoms with Gasteiger partial charge < -0.3 is 15.7 Å². The van der Waals surface area contributed by atoms with Gasteiger partial charge in [0, 0.05) is 12.7 Å². The van der Waals surface area contributed by atoms with E-state index >= 15 is 0 Å². The normalized spacial score (nSPS) is 9.50. The van der Waals surface area contributed by atoms with E-state index in [9.17, 15) is 4.79 Å². The molecule has 0 unspecified atom stereocenters. The van der Waals surface area contributed by atoms with Crippen LogP contribution in [0.5, 0.6) is 0 Å². The largest absolute Gasteiger partial charge is 0.478 e. The first kappa shape index (κ1) is 10.5. The van der Waals surface area contributed by atoms with Crippen LogP contribution < -0.4 is 10.6 Å². The summed E-state index contributed by atoms with van der Waals surface area (Å²) in [6, 6.07) is 6.42. The Kier molecular flexibility index (Phi) is 3.03. The summed E-state index contributed by atoms with van der Waals surface area (Å²) >= 11 is 4.77. The number of nitrogens with zero attached hydrogens (tertiary/aromatic N) is 1. The highest BCUT2D eigenvalue weighted by molar-refractivity contribution is 7.80. The van der Waals surface area contributed by atoms with E-state index in [4.69, 9.17) is 23.1 Å². The maximum atomic E-state index is 10.7. The highest BCUT2D eigenvalue weighted by Crippen LogP contribution is 2.14. The van der Waals surface area contributed by atoms with Crippen molar-refractivity contribution in [1.82, 2.24) is 0 Å². The molecule has 0 amide bonds. The van der Waals surface area contributed by atoms with Gasteiger partial charge in [-0.3, -0.25) is 0 Å². The highest BCUT2D eigenvalue weighted by atomic mass is 32.1. The quantitative estimate of drug-likeness (QED) is 0.714. The van der Waals surface area contributed by atoms with Crippen molar-refractivity contribution >= 4 is 29.0 Å². The number of hydrogen-bond donors (Lipinski definition) is 2. The topological polar surface area (TPSA) is 66.6 Å². The molecule has 1 aromatic carbocycles. The fourth-order valence-electron chi connectivity index (χ4n) is 0.975. The Morgan fingerprint density at radius 2 is 2.21 bits per heavy atom. The standard InChI is InChI=1S/C9H10N2O2S/c1-11(9(10)14)7-4-2-3-6(5-7)8(12)13/h2-5H,1H3,(H2,10,14)(H,12,13). The summed E-state index contributed by atoms with van der Waals surface area (Å²) in [4.78, 5) is 12.2. The van der Waals surface area contributed by atoms with Crippen LogP contribution in [0.2, 0.25) is 0 Å². The van der Waals surface area contributed by atoms with E-state index < -0.39 is 5.97 Å². The number of nitrogens with two attached hydrogens (primary N) is 1. The van der Waals surface area contributed by atoms with Crippen LogP contribution in [0.25, 0.3) is 0 Å². The Morgan fingerprint density at radius 1 is 1.57 bits per heavy atom. The smallest absolute Gasteiger partial charge is 0.335 e. The fraction of sp³-hybridized carbons (Fsp3) is 0.111. The minimum Gasteiger partial charge on any atom is -0.478 e. The molecule has 0 spiro atoms. The molecule has 5 heteroatoms. The molecule has 0 atom stereocenters. The molecule has 74 valence electrons. The molecule has 0 aromatic heterocycles. The van der Waals surface area contributed by atoms with E-state index in [0.29, 0.717) is 5.69 Å². The highest BCUT2D eigenvalue weighted by Gasteiger charge is 2.07. The summed E-state index contributed by atoms with van der Waals surface area (Å²) in [7, 11) is 1.68. The minimum absolute atomic E-state index is 0.201. The maximum absolute atomic E-state index is 10.7. The van der Waals surface area contributed by atoms with Crippen molar-refractivity contribution in [1.29, 1.82) is 0 Å². The van der Waals surface area contributed by atoms with Gasteiger partial charge in [-0.05, 0) is 30.4 Å². The molecule has 1 rings (SSSR count). The van der Waals surface area contributed by atoms with Crippen molar-refractivity contribution in [3.63, 3.8) is 0 Å². The van der Waals surface area contributed by atoms with Gasteiger partial charge in [-0.1, -0.05) is 6.07 Å². The molecular formula is C9H10N2O2S. The Bertz CT molecular complexity index is 379. The van der Waals surface area contributed by atoms with Crippen molar-refractivity contribution in [2.24, 2.45) is 5.73 Å². The fourth-order valence-corrected chi connectivity index (χ4v) is 1.08. The van der Waals surface area contributed by atoms with Gasteiger partial charge in [0.25, 0.3) is 0 Å². The predicted octanol–water partition coefficient (Wildman–Crippen LogP) is 1.06. The number of benzene rings is 1. The first-order chi connectivity index (χ1) is 6.52. The zero-order valence-corrected chi connectivity index (χ0v) is 8.41. The van der Waals surface area contributed by atoms with Gasteiger partial charge in [0.05, 0.1) is 5.56 Å². The molecule has 3 N–H and O–H groups in total. The lowest BCUT2D eigenvalue weighted by Crippen LogP contribution is -2.31. The van der Waals surface area contributed by atoms with Crippen molar-refractivity contribution in [3.8, 4) is 0 Å². The number of thiocarbonyl (C=S) groups is 1. The van der Waals surface area contributed by atoms with Crippen LogP contribution in [0.3, 0.4) is 0 Å². The van der Waals surface area contributed by atoms with Gasteiger partial charge in [0.2, 0.25) is 0 Å². The third-order valence-corrected chi connectivity index (χ3v) is 2.08. The summed E-state index contributed by atoms with van der Waals surface area (Å²) < 4.78 is 0. The Labute approximate surface area is 86.9 Å². The molecule has 0 bridgehead atoms. The Hall–Kier alpha value is -1.62. The zero-order chi connectivity index (χ0) is 10.7. The van der Waals surface area contributed by atoms with Crippen LogP contribution >= 0.6 is 12.2 Å². The van der Waals surface area contributed by atoms with Crippen molar-refractivity contribution < 1.29 is 9.90 Å². The van der Waals surface area contributed by atoms with E-state index in [1.54, 1.807) is 24.1 Å². The summed E-state index contributed by atoms with van der Waals surface area (Å²) in [6.07, 6.45) is 0. The molecule has 0 aliphatic heterocycles. The number of carbonyl (C=O) groups is 1. The van der Waals surface area contributed by atoms with Crippen LogP contribution in [0.15, 0.2) is 24.3 Å². The van der Waals surface area contributed by atoms with Gasteiger partial charge in [-0.15, -0.1) is 0 Å². The van der Waals surface area contributed by atoms with E-state index in [2.05, 4.69) is 0 Å². The Balaban J connectivity index is 3.05. The molecule has 14 heavy (non-hydrogen) atoms. The van der Waals surface area contributed by atoms with E-state index in [-0.39, 0.29) is 10.7 Å². The number of hydrogen-bond acceptors (Lipinski definition) is 2. The molecule has 0 saturated heterocycles. The molecule has 0 aliphatic carbocycles. The van der Waals surface area contributed by atoms with Crippen LogP contribution in [-0.4, -0.2) is 23.2 Å². The number of carboxylic acids is 1. The number of aromatic carboxylic acids is 1. The van der Waals surface area contributed by atoms with Crippen molar-refractivity contribution in [2.45, 2.75) is 0 Å². The first-order valence-corrected chi connectivity index (χ1v) is 4.29. The summed E-state index contributed by atoms with van der Waals surface area (Å²) in [5.41, 5.74) is 6.28. The van der Waals surface area contributed by atoms with Gasteiger partial charge in [0.1, 0.15) is 0 Å². The van der Waals surface area contributed by atoms with Gasteiger partial charge >= 0.3 is 5.97 Å². The van der Waals surface area contributed by atoms with Crippen LogP contribution in [0.1, 0.15) is 10.4 Å². The second kappa shape index (κ2) is 4.06. The molecule has 0 saturated carbocycles. The second-order valence-corrected chi connectivity index (χ2v) is 3.17. The molecule has 0 radical (unpaired) electrons. The van der Waals surface area contributed by atoms with Crippen LogP contribution in [-0.2, 0) is 0 Å². The minimum atomic E-state index is -0.969.